The Labute approximate surface area is 111 Å². The summed E-state index contributed by atoms with van der Waals surface area (Å²) in [6, 6.07) is 4.54. The molecule has 102 valence electrons. The molecule has 6 nitrogen and oxygen atoms in total. The second kappa shape index (κ2) is 5.54. The van der Waals surface area contributed by atoms with Gasteiger partial charge in [-0.05, 0) is 31.5 Å². The number of aromatic nitrogens is 2. The zero-order valence-electron chi connectivity index (χ0n) is 10.7. The highest BCUT2D eigenvalue weighted by atomic mass is 16.4. The fraction of sp³-hybridized carbons (Fsp3) is 0.538. The van der Waals surface area contributed by atoms with Crippen LogP contribution in [0.4, 0.5) is 6.01 Å². The third-order valence-electron chi connectivity index (χ3n) is 3.41. The summed E-state index contributed by atoms with van der Waals surface area (Å²) in [5.74, 6) is 0. The van der Waals surface area contributed by atoms with Crippen molar-refractivity contribution in [3.63, 3.8) is 0 Å². The highest BCUT2D eigenvalue weighted by Crippen LogP contribution is 2.19. The molecule has 0 radical (unpaired) electrons. The number of rotatable bonds is 4. The predicted molar refractivity (Wildman–Crippen MR) is 72.0 cm³/mol. The Balaban J connectivity index is 1.67. The largest absolute Gasteiger partial charge is 0.422 e. The molecule has 19 heavy (non-hydrogen) atoms. The van der Waals surface area contributed by atoms with Crippen LogP contribution in [0.1, 0.15) is 12.8 Å². The molecule has 1 saturated heterocycles. The Bertz CT molecular complexity index is 507. The van der Waals surface area contributed by atoms with E-state index in [1.165, 1.54) is 0 Å². The van der Waals surface area contributed by atoms with Crippen molar-refractivity contribution in [2.45, 2.75) is 18.9 Å². The normalized spacial score (nSPS) is 20.8. The SMILES string of the molecule is OCCN1CCC[C@@H](Nc2nc3ncccc3o2)C1. The van der Waals surface area contributed by atoms with Gasteiger partial charge in [0, 0.05) is 25.3 Å². The minimum atomic E-state index is 0.208. The molecule has 3 heterocycles. The number of hydrogen-bond donors (Lipinski definition) is 2. The number of likely N-dealkylation sites (tertiary alicyclic amines) is 1. The third kappa shape index (κ3) is 2.85. The van der Waals surface area contributed by atoms with E-state index in [0.29, 0.717) is 23.3 Å². The molecule has 2 N–H and O–H groups in total. The van der Waals surface area contributed by atoms with E-state index in [1.807, 2.05) is 12.1 Å². The van der Waals surface area contributed by atoms with Gasteiger partial charge >= 0.3 is 0 Å². The van der Waals surface area contributed by atoms with Crippen molar-refractivity contribution in [3.05, 3.63) is 18.3 Å². The molecule has 0 saturated carbocycles. The van der Waals surface area contributed by atoms with Gasteiger partial charge in [-0.2, -0.15) is 4.98 Å². The zero-order chi connectivity index (χ0) is 13.1. The maximum atomic E-state index is 8.99. The number of hydrogen-bond acceptors (Lipinski definition) is 6. The molecular weight excluding hydrogens is 244 g/mol. The highest BCUT2D eigenvalue weighted by molar-refractivity contribution is 5.69. The maximum absolute atomic E-state index is 8.99. The van der Waals surface area contributed by atoms with Crippen molar-refractivity contribution < 1.29 is 9.52 Å². The summed E-state index contributed by atoms with van der Waals surface area (Å²) in [5, 5.41) is 12.3. The third-order valence-corrected chi connectivity index (χ3v) is 3.41. The van der Waals surface area contributed by atoms with Gasteiger partial charge in [0.25, 0.3) is 6.01 Å². The van der Waals surface area contributed by atoms with Crippen LogP contribution in [0.3, 0.4) is 0 Å². The minimum absolute atomic E-state index is 0.208. The van der Waals surface area contributed by atoms with Crippen molar-refractivity contribution in [2.75, 3.05) is 31.6 Å². The number of aliphatic hydroxyl groups is 1. The van der Waals surface area contributed by atoms with E-state index in [1.54, 1.807) is 6.20 Å². The topological polar surface area (TPSA) is 74.4 Å². The first kappa shape index (κ1) is 12.4. The highest BCUT2D eigenvalue weighted by Gasteiger charge is 2.20. The number of nitrogens with zero attached hydrogens (tertiary/aromatic N) is 3. The second-order valence-electron chi connectivity index (χ2n) is 4.85. The average Bonchev–Trinajstić information content (AvgIpc) is 2.81. The Morgan fingerprint density at radius 3 is 3.32 bits per heavy atom. The number of aliphatic hydroxyl groups excluding tert-OH is 1. The summed E-state index contributed by atoms with van der Waals surface area (Å²) in [6.45, 7) is 2.90. The van der Waals surface area contributed by atoms with Crippen LogP contribution >= 0.6 is 0 Å². The van der Waals surface area contributed by atoms with Gasteiger partial charge in [0.15, 0.2) is 5.58 Å². The minimum Gasteiger partial charge on any atom is -0.422 e. The van der Waals surface area contributed by atoms with Crippen molar-refractivity contribution in [1.29, 1.82) is 0 Å². The van der Waals surface area contributed by atoms with E-state index in [-0.39, 0.29) is 6.61 Å². The predicted octanol–water partition coefficient (Wildman–Crippen LogP) is 1.09. The molecular formula is C13H18N4O2. The number of pyridine rings is 1. The molecule has 1 fully saturated rings. The number of piperidine rings is 1. The fourth-order valence-electron chi connectivity index (χ4n) is 2.52. The van der Waals surface area contributed by atoms with Gasteiger partial charge in [-0.1, -0.05) is 0 Å². The average molecular weight is 262 g/mol. The van der Waals surface area contributed by atoms with Gasteiger partial charge in [-0.15, -0.1) is 0 Å². The van der Waals surface area contributed by atoms with Crippen molar-refractivity contribution in [2.24, 2.45) is 0 Å². The van der Waals surface area contributed by atoms with Crippen LogP contribution in [0, 0.1) is 0 Å². The Morgan fingerprint density at radius 2 is 2.47 bits per heavy atom. The van der Waals surface area contributed by atoms with Crippen molar-refractivity contribution >= 4 is 17.2 Å². The quantitative estimate of drug-likeness (QED) is 0.859. The van der Waals surface area contributed by atoms with Gasteiger partial charge in [-0.25, -0.2) is 4.98 Å². The first-order valence-electron chi connectivity index (χ1n) is 6.66. The molecule has 0 spiro atoms. The van der Waals surface area contributed by atoms with E-state index < -0.39 is 0 Å². The van der Waals surface area contributed by atoms with Crippen LogP contribution in [0.25, 0.3) is 11.2 Å². The van der Waals surface area contributed by atoms with Crippen LogP contribution in [-0.2, 0) is 0 Å². The van der Waals surface area contributed by atoms with Crippen LogP contribution in [0.15, 0.2) is 22.7 Å². The molecule has 0 aliphatic carbocycles. The molecule has 1 aliphatic rings. The van der Waals surface area contributed by atoms with Gasteiger partial charge in [0.2, 0.25) is 5.65 Å². The Morgan fingerprint density at radius 1 is 1.53 bits per heavy atom. The lowest BCUT2D eigenvalue weighted by molar-refractivity contribution is 0.166. The van der Waals surface area contributed by atoms with Crippen LogP contribution in [0.5, 0.6) is 0 Å². The molecule has 0 amide bonds. The van der Waals surface area contributed by atoms with E-state index in [2.05, 4.69) is 20.2 Å². The van der Waals surface area contributed by atoms with E-state index in [0.717, 1.165) is 32.5 Å². The molecule has 1 aliphatic heterocycles. The monoisotopic (exact) mass is 262 g/mol. The first-order chi connectivity index (χ1) is 9.35. The van der Waals surface area contributed by atoms with Gasteiger partial charge in [-0.3, -0.25) is 4.90 Å². The summed E-state index contributed by atoms with van der Waals surface area (Å²) in [4.78, 5) is 10.7. The molecule has 0 bridgehead atoms. The first-order valence-corrected chi connectivity index (χ1v) is 6.66. The molecule has 2 aromatic heterocycles. The molecule has 2 aromatic rings. The zero-order valence-corrected chi connectivity index (χ0v) is 10.7. The fourth-order valence-corrected chi connectivity index (χ4v) is 2.52. The van der Waals surface area contributed by atoms with E-state index >= 15 is 0 Å². The number of anilines is 1. The standard InChI is InChI=1S/C13H18N4O2/c18-8-7-17-6-2-3-10(9-17)15-13-16-12-11(19-13)4-1-5-14-12/h1,4-5,10,18H,2-3,6-9H2,(H,14,15,16)/t10-/m1/s1. The Kier molecular flexibility index (Phi) is 3.61. The van der Waals surface area contributed by atoms with Gasteiger partial charge < -0.3 is 14.8 Å². The second-order valence-corrected chi connectivity index (χ2v) is 4.85. The summed E-state index contributed by atoms with van der Waals surface area (Å²) >= 11 is 0. The number of fused-ring (bicyclic) bond motifs is 1. The molecule has 0 aromatic carbocycles. The molecule has 0 unspecified atom stereocenters. The Hall–Kier alpha value is -1.66. The lowest BCUT2D eigenvalue weighted by atomic mass is 10.1. The van der Waals surface area contributed by atoms with E-state index in [9.17, 15) is 0 Å². The lowest BCUT2D eigenvalue weighted by Crippen LogP contribution is -2.43. The number of nitrogens with one attached hydrogen (secondary N) is 1. The summed E-state index contributed by atoms with van der Waals surface area (Å²) in [7, 11) is 0. The molecule has 3 rings (SSSR count). The van der Waals surface area contributed by atoms with Crippen LogP contribution in [-0.4, -0.2) is 52.3 Å². The maximum Gasteiger partial charge on any atom is 0.297 e. The van der Waals surface area contributed by atoms with Crippen molar-refractivity contribution in [1.82, 2.24) is 14.9 Å². The van der Waals surface area contributed by atoms with Crippen LogP contribution in [0.2, 0.25) is 0 Å². The smallest absolute Gasteiger partial charge is 0.297 e. The van der Waals surface area contributed by atoms with Crippen molar-refractivity contribution in [3.8, 4) is 0 Å². The van der Waals surface area contributed by atoms with Gasteiger partial charge in [0.05, 0.1) is 6.61 Å². The van der Waals surface area contributed by atoms with Gasteiger partial charge in [0.1, 0.15) is 0 Å². The molecule has 6 heteroatoms. The molecule has 1 atom stereocenters. The van der Waals surface area contributed by atoms with Crippen LogP contribution < -0.4 is 5.32 Å². The number of β-amino-alcohol motifs (C(OH)–C–C–N with tert-alkyl or cyclic N) is 1. The summed E-state index contributed by atoms with van der Waals surface area (Å²) in [5.41, 5.74) is 1.33. The number of oxazole rings is 1. The summed E-state index contributed by atoms with van der Waals surface area (Å²) < 4.78 is 5.61. The lowest BCUT2D eigenvalue weighted by Gasteiger charge is -2.32. The summed E-state index contributed by atoms with van der Waals surface area (Å²) in [6.07, 6.45) is 3.92. The van der Waals surface area contributed by atoms with E-state index in [4.69, 9.17) is 9.52 Å².